The molecular formula is C16H27N3O. The van der Waals surface area contributed by atoms with Crippen LogP contribution in [0.25, 0.3) is 0 Å². The molecule has 1 saturated carbocycles. The van der Waals surface area contributed by atoms with Gasteiger partial charge in [-0.05, 0) is 25.2 Å². The lowest BCUT2D eigenvalue weighted by Gasteiger charge is -2.27. The van der Waals surface area contributed by atoms with E-state index in [4.69, 9.17) is 4.74 Å². The summed E-state index contributed by atoms with van der Waals surface area (Å²) in [6.07, 6.45) is 5.13. The highest BCUT2D eigenvalue weighted by Crippen LogP contribution is 2.28. The molecule has 1 aromatic heterocycles. The molecule has 2 atom stereocenters. The second-order valence-corrected chi connectivity index (χ2v) is 6.93. The predicted molar refractivity (Wildman–Crippen MR) is 82.3 cm³/mol. The van der Waals surface area contributed by atoms with Crippen LogP contribution < -0.4 is 10.1 Å². The first-order chi connectivity index (χ1) is 9.38. The minimum absolute atomic E-state index is 0.0785. The maximum Gasteiger partial charge on any atom is 0.219 e. The van der Waals surface area contributed by atoms with Crippen LogP contribution in [-0.4, -0.2) is 23.1 Å². The second kappa shape index (κ2) is 5.98. The third kappa shape index (κ3) is 3.84. The number of nitrogens with zero attached hydrogens (tertiary/aromatic N) is 2. The molecule has 112 valence electrons. The van der Waals surface area contributed by atoms with Gasteiger partial charge in [0, 0.05) is 18.5 Å². The Morgan fingerprint density at radius 3 is 2.60 bits per heavy atom. The Bertz CT molecular complexity index is 454. The van der Waals surface area contributed by atoms with Crippen molar-refractivity contribution in [3.05, 3.63) is 11.9 Å². The number of anilines is 1. The van der Waals surface area contributed by atoms with Crippen LogP contribution in [0.4, 0.5) is 5.82 Å². The number of ether oxygens (including phenoxy) is 1. The molecule has 4 nitrogen and oxygen atoms in total. The number of nitrogens with one attached hydrogen (secondary N) is 1. The summed E-state index contributed by atoms with van der Waals surface area (Å²) in [5.41, 5.74) is -0.0785. The van der Waals surface area contributed by atoms with E-state index in [1.165, 1.54) is 12.8 Å². The van der Waals surface area contributed by atoms with Gasteiger partial charge in [0.2, 0.25) is 5.88 Å². The van der Waals surface area contributed by atoms with Gasteiger partial charge >= 0.3 is 0 Å². The van der Waals surface area contributed by atoms with E-state index in [1.807, 2.05) is 13.1 Å². The van der Waals surface area contributed by atoms with E-state index in [0.29, 0.717) is 12.0 Å². The zero-order chi connectivity index (χ0) is 14.8. The van der Waals surface area contributed by atoms with Crippen LogP contribution in [0.15, 0.2) is 6.07 Å². The molecule has 0 aromatic carbocycles. The van der Waals surface area contributed by atoms with E-state index in [-0.39, 0.29) is 5.41 Å². The molecule has 0 saturated heterocycles. The third-order valence-electron chi connectivity index (χ3n) is 3.81. The molecule has 2 unspecified atom stereocenters. The van der Waals surface area contributed by atoms with Gasteiger partial charge in [-0.25, -0.2) is 4.98 Å². The monoisotopic (exact) mass is 277 g/mol. The lowest BCUT2D eigenvalue weighted by molar-refractivity contribution is 0.123. The quantitative estimate of drug-likeness (QED) is 0.913. The lowest BCUT2D eigenvalue weighted by atomic mass is 9.89. The molecule has 0 spiro atoms. The fraction of sp³-hybridized carbons (Fsp3) is 0.750. The normalized spacial score (nSPS) is 23.4. The SMILES string of the molecule is CNc1cc(OC2CCCC(C)C2)nc(C(C)(C)C)n1. The van der Waals surface area contributed by atoms with Crippen LogP contribution in [0.1, 0.15) is 59.2 Å². The van der Waals surface area contributed by atoms with Crippen LogP contribution >= 0.6 is 0 Å². The fourth-order valence-electron chi connectivity index (χ4n) is 2.61. The molecule has 0 bridgehead atoms. The highest BCUT2D eigenvalue weighted by molar-refractivity contribution is 5.38. The summed E-state index contributed by atoms with van der Waals surface area (Å²) in [5.74, 6) is 3.10. The number of rotatable bonds is 3. The van der Waals surface area contributed by atoms with E-state index in [1.54, 1.807) is 0 Å². The molecule has 1 aliphatic rings. The molecule has 1 fully saturated rings. The molecular weight excluding hydrogens is 250 g/mol. The van der Waals surface area contributed by atoms with Crippen molar-refractivity contribution in [3.63, 3.8) is 0 Å². The molecule has 2 rings (SSSR count). The van der Waals surface area contributed by atoms with E-state index < -0.39 is 0 Å². The minimum atomic E-state index is -0.0785. The summed E-state index contributed by atoms with van der Waals surface area (Å²) in [4.78, 5) is 9.13. The van der Waals surface area contributed by atoms with Gasteiger partial charge in [-0.2, -0.15) is 4.98 Å². The first-order valence-electron chi connectivity index (χ1n) is 7.62. The summed E-state index contributed by atoms with van der Waals surface area (Å²) >= 11 is 0. The average Bonchev–Trinajstić information content (AvgIpc) is 2.37. The standard InChI is InChI=1S/C16H27N3O/c1-11-7-6-8-12(9-11)20-14-10-13(17-5)18-15(19-14)16(2,3)4/h10-12H,6-9H2,1-5H3,(H,17,18,19). The van der Waals surface area contributed by atoms with Gasteiger partial charge in [0.15, 0.2) is 0 Å². The summed E-state index contributed by atoms with van der Waals surface area (Å²) in [5, 5.41) is 3.09. The zero-order valence-electron chi connectivity index (χ0n) is 13.4. The van der Waals surface area contributed by atoms with Crippen LogP contribution in [0.5, 0.6) is 5.88 Å². The molecule has 1 N–H and O–H groups in total. The molecule has 0 radical (unpaired) electrons. The summed E-state index contributed by atoms with van der Waals surface area (Å²) in [6, 6.07) is 1.90. The largest absolute Gasteiger partial charge is 0.474 e. The highest BCUT2D eigenvalue weighted by Gasteiger charge is 2.23. The van der Waals surface area contributed by atoms with E-state index in [0.717, 1.165) is 30.4 Å². The van der Waals surface area contributed by atoms with Crippen molar-refractivity contribution in [1.82, 2.24) is 9.97 Å². The van der Waals surface area contributed by atoms with Crippen molar-refractivity contribution in [3.8, 4) is 5.88 Å². The Labute approximate surface area is 122 Å². The van der Waals surface area contributed by atoms with Gasteiger partial charge < -0.3 is 10.1 Å². The van der Waals surface area contributed by atoms with Crippen LogP contribution in [0.2, 0.25) is 0 Å². The van der Waals surface area contributed by atoms with E-state index >= 15 is 0 Å². The zero-order valence-corrected chi connectivity index (χ0v) is 13.4. The summed E-state index contributed by atoms with van der Waals surface area (Å²) in [7, 11) is 1.88. The number of aromatic nitrogens is 2. The maximum atomic E-state index is 6.11. The Hall–Kier alpha value is -1.32. The summed E-state index contributed by atoms with van der Waals surface area (Å²) in [6.45, 7) is 8.66. The molecule has 20 heavy (non-hydrogen) atoms. The van der Waals surface area contributed by atoms with Gasteiger partial charge in [-0.3, -0.25) is 0 Å². The second-order valence-electron chi connectivity index (χ2n) is 6.93. The van der Waals surface area contributed by atoms with Crippen LogP contribution in [-0.2, 0) is 5.41 Å². The minimum Gasteiger partial charge on any atom is -0.474 e. The third-order valence-corrected chi connectivity index (χ3v) is 3.81. The van der Waals surface area contributed by atoms with Crippen molar-refractivity contribution in [2.24, 2.45) is 5.92 Å². The van der Waals surface area contributed by atoms with Crippen molar-refractivity contribution in [1.29, 1.82) is 0 Å². The van der Waals surface area contributed by atoms with Crippen LogP contribution in [0, 0.1) is 5.92 Å². The van der Waals surface area contributed by atoms with Gasteiger partial charge in [-0.15, -0.1) is 0 Å². The van der Waals surface area contributed by atoms with Gasteiger partial charge in [0.05, 0.1) is 0 Å². The van der Waals surface area contributed by atoms with Gasteiger partial charge in [0.1, 0.15) is 17.7 Å². The Morgan fingerprint density at radius 1 is 1.25 bits per heavy atom. The molecule has 0 aliphatic heterocycles. The van der Waals surface area contributed by atoms with Crippen molar-refractivity contribution in [2.45, 2.75) is 64.9 Å². The highest BCUT2D eigenvalue weighted by atomic mass is 16.5. The lowest BCUT2D eigenvalue weighted by Crippen LogP contribution is -2.25. The smallest absolute Gasteiger partial charge is 0.219 e. The fourth-order valence-corrected chi connectivity index (χ4v) is 2.61. The van der Waals surface area contributed by atoms with Gasteiger partial charge in [-0.1, -0.05) is 34.1 Å². The Kier molecular flexibility index (Phi) is 4.51. The van der Waals surface area contributed by atoms with Crippen LogP contribution in [0.3, 0.4) is 0 Å². The number of hydrogen-bond acceptors (Lipinski definition) is 4. The molecule has 1 heterocycles. The van der Waals surface area contributed by atoms with Crippen molar-refractivity contribution < 1.29 is 4.74 Å². The predicted octanol–water partition coefficient (Wildman–Crippen LogP) is 3.77. The van der Waals surface area contributed by atoms with E-state index in [2.05, 4.69) is 43.0 Å². The summed E-state index contributed by atoms with van der Waals surface area (Å²) < 4.78 is 6.11. The van der Waals surface area contributed by atoms with E-state index in [9.17, 15) is 0 Å². The molecule has 4 heteroatoms. The molecule has 1 aromatic rings. The first-order valence-corrected chi connectivity index (χ1v) is 7.62. The topological polar surface area (TPSA) is 47.0 Å². The molecule has 0 amide bonds. The molecule has 1 aliphatic carbocycles. The first kappa shape index (κ1) is 15.1. The Morgan fingerprint density at radius 2 is 2.00 bits per heavy atom. The maximum absolute atomic E-state index is 6.11. The Balaban J connectivity index is 2.18. The number of hydrogen-bond donors (Lipinski definition) is 1. The van der Waals surface area contributed by atoms with Crippen molar-refractivity contribution in [2.75, 3.05) is 12.4 Å². The van der Waals surface area contributed by atoms with Gasteiger partial charge in [0.25, 0.3) is 0 Å². The van der Waals surface area contributed by atoms with Crippen molar-refractivity contribution >= 4 is 5.82 Å². The average molecular weight is 277 g/mol.